The lowest BCUT2D eigenvalue weighted by molar-refractivity contribution is -0.132. The van der Waals surface area contributed by atoms with Gasteiger partial charge in [0.1, 0.15) is 0 Å². The Bertz CT molecular complexity index is 216. The summed E-state index contributed by atoms with van der Waals surface area (Å²) in [5.41, 5.74) is 4.98. The van der Waals surface area contributed by atoms with E-state index in [1.165, 1.54) is 19.3 Å². The van der Waals surface area contributed by atoms with Gasteiger partial charge in [-0.3, -0.25) is 4.79 Å². The van der Waals surface area contributed by atoms with Crippen LogP contribution in [-0.2, 0) is 4.79 Å². The number of amides is 1. The molecule has 0 saturated carbocycles. The average Bonchev–Trinajstić information content (AvgIpc) is 2.15. The summed E-state index contributed by atoms with van der Waals surface area (Å²) in [6.45, 7) is 10.5. The number of carbonyl (C=O) groups excluding carboxylic acids is 1. The van der Waals surface area contributed by atoms with Crippen molar-refractivity contribution in [2.75, 3.05) is 6.54 Å². The van der Waals surface area contributed by atoms with Crippen LogP contribution in [-0.4, -0.2) is 18.0 Å². The van der Waals surface area contributed by atoms with Crippen LogP contribution in [0.1, 0.15) is 60.3 Å². The molecule has 3 N–H and O–H groups in total. The predicted molar refractivity (Wildman–Crippen MR) is 69.2 cm³/mol. The second-order valence-corrected chi connectivity index (χ2v) is 5.66. The molecule has 0 radical (unpaired) electrons. The SMILES string of the molecule is CCCCCCNC(=O)C(C)(C)C(C)(C)N. The molecular formula is C13H28N2O. The lowest BCUT2D eigenvalue weighted by Gasteiger charge is -2.36. The molecule has 0 fully saturated rings. The Balaban J connectivity index is 3.98. The topological polar surface area (TPSA) is 55.1 Å². The van der Waals surface area contributed by atoms with Gasteiger partial charge >= 0.3 is 0 Å². The van der Waals surface area contributed by atoms with Crippen molar-refractivity contribution in [3.63, 3.8) is 0 Å². The van der Waals surface area contributed by atoms with Crippen molar-refractivity contribution in [2.24, 2.45) is 11.1 Å². The number of hydrogen-bond acceptors (Lipinski definition) is 2. The van der Waals surface area contributed by atoms with E-state index >= 15 is 0 Å². The van der Waals surface area contributed by atoms with E-state index in [0.717, 1.165) is 13.0 Å². The van der Waals surface area contributed by atoms with Gasteiger partial charge in [-0.15, -0.1) is 0 Å². The minimum atomic E-state index is -0.530. The highest BCUT2D eigenvalue weighted by molar-refractivity contribution is 5.83. The Morgan fingerprint density at radius 3 is 2.12 bits per heavy atom. The van der Waals surface area contributed by atoms with E-state index in [1.807, 2.05) is 27.7 Å². The van der Waals surface area contributed by atoms with Crippen LogP contribution in [0.25, 0.3) is 0 Å². The molecular weight excluding hydrogens is 200 g/mol. The molecule has 0 saturated heterocycles. The summed E-state index contributed by atoms with van der Waals surface area (Å²) in [5.74, 6) is 0.0523. The van der Waals surface area contributed by atoms with Gasteiger partial charge in [0.25, 0.3) is 0 Å². The minimum Gasteiger partial charge on any atom is -0.356 e. The minimum absolute atomic E-state index is 0.0523. The number of nitrogens with two attached hydrogens (primary N) is 1. The summed E-state index contributed by atoms with van der Waals surface area (Å²) in [6.07, 6.45) is 4.70. The van der Waals surface area contributed by atoms with Crippen molar-refractivity contribution in [1.29, 1.82) is 0 Å². The summed E-state index contributed by atoms with van der Waals surface area (Å²) in [5, 5.41) is 2.97. The first-order valence-electron chi connectivity index (χ1n) is 6.30. The van der Waals surface area contributed by atoms with Crippen molar-refractivity contribution >= 4 is 5.91 Å². The van der Waals surface area contributed by atoms with Crippen LogP contribution in [0.15, 0.2) is 0 Å². The number of unbranched alkanes of at least 4 members (excludes halogenated alkanes) is 3. The maximum absolute atomic E-state index is 12.0. The standard InChI is InChI=1S/C13H28N2O/c1-6-7-8-9-10-15-11(16)12(2,3)13(4,5)14/h6-10,14H2,1-5H3,(H,15,16). The van der Waals surface area contributed by atoms with E-state index in [9.17, 15) is 4.79 Å². The first-order valence-corrected chi connectivity index (χ1v) is 6.30. The fourth-order valence-electron chi connectivity index (χ4n) is 1.27. The largest absolute Gasteiger partial charge is 0.356 e. The number of hydrogen-bond donors (Lipinski definition) is 2. The van der Waals surface area contributed by atoms with Crippen molar-refractivity contribution in [2.45, 2.75) is 65.8 Å². The zero-order valence-corrected chi connectivity index (χ0v) is 11.5. The average molecular weight is 228 g/mol. The van der Waals surface area contributed by atoms with E-state index < -0.39 is 11.0 Å². The maximum atomic E-state index is 12.0. The Morgan fingerprint density at radius 2 is 1.69 bits per heavy atom. The lowest BCUT2D eigenvalue weighted by Crippen LogP contribution is -2.55. The van der Waals surface area contributed by atoms with Crippen molar-refractivity contribution in [3.05, 3.63) is 0 Å². The van der Waals surface area contributed by atoms with Crippen LogP contribution in [0.3, 0.4) is 0 Å². The molecule has 0 bridgehead atoms. The van der Waals surface area contributed by atoms with Crippen molar-refractivity contribution in [1.82, 2.24) is 5.32 Å². The molecule has 0 aromatic carbocycles. The van der Waals surface area contributed by atoms with Crippen LogP contribution < -0.4 is 11.1 Å². The highest BCUT2D eigenvalue weighted by Crippen LogP contribution is 2.28. The summed E-state index contributed by atoms with van der Waals surface area (Å²) in [4.78, 5) is 12.0. The van der Waals surface area contributed by atoms with Crippen LogP contribution in [0, 0.1) is 5.41 Å². The van der Waals surface area contributed by atoms with Gasteiger partial charge < -0.3 is 11.1 Å². The van der Waals surface area contributed by atoms with Gasteiger partial charge in [-0.25, -0.2) is 0 Å². The normalized spacial score (nSPS) is 12.6. The van der Waals surface area contributed by atoms with E-state index in [-0.39, 0.29) is 5.91 Å². The lowest BCUT2D eigenvalue weighted by atomic mass is 9.74. The molecule has 0 unspecified atom stereocenters. The third kappa shape index (κ3) is 4.52. The second-order valence-electron chi connectivity index (χ2n) is 5.66. The molecule has 1 amide bonds. The first-order chi connectivity index (χ1) is 7.23. The van der Waals surface area contributed by atoms with Crippen molar-refractivity contribution in [3.8, 4) is 0 Å². The van der Waals surface area contributed by atoms with E-state index in [1.54, 1.807) is 0 Å². The Morgan fingerprint density at radius 1 is 1.12 bits per heavy atom. The molecule has 0 aromatic rings. The molecule has 0 aliphatic carbocycles. The monoisotopic (exact) mass is 228 g/mol. The summed E-state index contributed by atoms with van der Waals surface area (Å²) in [6, 6.07) is 0. The molecule has 0 rings (SSSR count). The number of rotatable bonds is 7. The molecule has 0 aromatic heterocycles. The van der Waals surface area contributed by atoms with Gasteiger partial charge in [0, 0.05) is 12.1 Å². The van der Waals surface area contributed by atoms with Gasteiger partial charge in [-0.1, -0.05) is 26.2 Å². The van der Waals surface area contributed by atoms with Crippen LogP contribution in [0.2, 0.25) is 0 Å². The molecule has 0 aliphatic rings. The zero-order chi connectivity index (χ0) is 12.8. The number of nitrogens with one attached hydrogen (secondary N) is 1. The molecule has 16 heavy (non-hydrogen) atoms. The van der Waals surface area contributed by atoms with Gasteiger partial charge in [-0.05, 0) is 34.1 Å². The molecule has 3 heteroatoms. The molecule has 0 aliphatic heterocycles. The Kier molecular flexibility index (Phi) is 6.01. The zero-order valence-electron chi connectivity index (χ0n) is 11.5. The van der Waals surface area contributed by atoms with Gasteiger partial charge in [0.2, 0.25) is 5.91 Å². The number of carbonyl (C=O) groups is 1. The Labute approximate surface area is 100 Å². The third-order valence-corrected chi connectivity index (χ3v) is 3.49. The highest BCUT2D eigenvalue weighted by atomic mass is 16.2. The van der Waals surface area contributed by atoms with Crippen molar-refractivity contribution < 1.29 is 4.79 Å². The highest BCUT2D eigenvalue weighted by Gasteiger charge is 2.39. The summed E-state index contributed by atoms with van der Waals surface area (Å²) in [7, 11) is 0. The van der Waals surface area contributed by atoms with Crippen LogP contribution in [0.4, 0.5) is 0 Å². The van der Waals surface area contributed by atoms with E-state index in [0.29, 0.717) is 0 Å². The second kappa shape index (κ2) is 6.24. The predicted octanol–water partition coefficient (Wildman–Crippen LogP) is 2.45. The molecule has 0 heterocycles. The molecule has 96 valence electrons. The molecule has 0 spiro atoms. The fraction of sp³-hybridized carbons (Fsp3) is 0.923. The van der Waals surface area contributed by atoms with E-state index in [4.69, 9.17) is 5.73 Å². The fourth-order valence-corrected chi connectivity index (χ4v) is 1.27. The smallest absolute Gasteiger partial charge is 0.227 e. The van der Waals surface area contributed by atoms with Gasteiger partial charge in [0.15, 0.2) is 0 Å². The van der Waals surface area contributed by atoms with Gasteiger partial charge in [-0.2, -0.15) is 0 Å². The Hall–Kier alpha value is -0.570. The van der Waals surface area contributed by atoms with E-state index in [2.05, 4.69) is 12.2 Å². The maximum Gasteiger partial charge on any atom is 0.227 e. The third-order valence-electron chi connectivity index (χ3n) is 3.49. The van der Waals surface area contributed by atoms with Crippen LogP contribution in [0.5, 0.6) is 0 Å². The molecule has 0 atom stereocenters. The quantitative estimate of drug-likeness (QED) is 0.658. The first kappa shape index (κ1) is 15.4. The van der Waals surface area contributed by atoms with Crippen LogP contribution >= 0.6 is 0 Å². The van der Waals surface area contributed by atoms with Gasteiger partial charge in [0.05, 0.1) is 5.41 Å². The summed E-state index contributed by atoms with van der Waals surface area (Å²) < 4.78 is 0. The summed E-state index contributed by atoms with van der Waals surface area (Å²) >= 11 is 0. The molecule has 3 nitrogen and oxygen atoms in total.